The van der Waals surface area contributed by atoms with Crippen LogP contribution >= 0.6 is 0 Å². The Hall–Kier alpha value is -0.530. The van der Waals surface area contributed by atoms with Crippen LogP contribution in [0.5, 0.6) is 0 Å². The van der Waals surface area contributed by atoms with E-state index in [1.54, 1.807) is 0 Å². The number of hydrogen-bond acceptors (Lipinski definition) is 4. The van der Waals surface area contributed by atoms with E-state index in [9.17, 15) is 9.90 Å². The van der Waals surface area contributed by atoms with E-state index in [2.05, 4.69) is 25.3 Å². The number of carbonyl (C=O) groups excluding carboxylic acids is 1. The van der Waals surface area contributed by atoms with E-state index in [4.69, 9.17) is 10.2 Å². The van der Waals surface area contributed by atoms with E-state index in [1.165, 1.54) is 0 Å². The van der Waals surface area contributed by atoms with Crippen LogP contribution in [0.1, 0.15) is 74.1 Å². The Bertz CT molecular complexity index is 259. The van der Waals surface area contributed by atoms with Gasteiger partial charge < -0.3 is 26.8 Å². The van der Waals surface area contributed by atoms with Gasteiger partial charge in [0.05, 0.1) is 6.61 Å². The first-order chi connectivity index (χ1) is 10.4. The molecule has 0 bridgehead atoms. The molecule has 3 unspecified atom stereocenters. The van der Waals surface area contributed by atoms with Crippen LogP contribution in [0.3, 0.4) is 0 Å². The first-order valence-corrected chi connectivity index (χ1v) is 8.53. The smallest absolute Gasteiger partial charge is 0.390 e. The largest absolute Gasteiger partial charge is 1.00 e. The maximum absolute atomic E-state index is 11.0. The first-order valence-electron chi connectivity index (χ1n) is 8.53. The van der Waals surface area contributed by atoms with E-state index in [1.807, 2.05) is 0 Å². The van der Waals surface area contributed by atoms with Crippen LogP contribution in [-0.2, 0) is 4.79 Å². The summed E-state index contributed by atoms with van der Waals surface area (Å²) in [5, 5.41) is 26.5. The molecular weight excluding hydrogens is 296 g/mol. The van der Waals surface area contributed by atoms with Gasteiger partial charge in [-0.15, -0.1) is 0 Å². The van der Waals surface area contributed by atoms with Crippen LogP contribution in [0.2, 0.25) is 0 Å². The molecule has 0 heterocycles. The number of quaternary nitrogens is 2. The fourth-order valence-corrected chi connectivity index (χ4v) is 1.82. The highest BCUT2D eigenvalue weighted by atomic mass is 16.3. The third kappa shape index (κ3) is 17.7. The van der Waals surface area contributed by atoms with Crippen molar-refractivity contribution in [1.29, 1.82) is 0 Å². The molecule has 9 N–H and O–H groups in total. The number of rotatable bonds is 12. The lowest BCUT2D eigenvalue weighted by atomic mass is 10.1. The summed E-state index contributed by atoms with van der Waals surface area (Å²) in [5.41, 5.74) is 7.17. The predicted octanol–water partition coefficient (Wildman–Crippen LogP) is 0.0176. The molecule has 3 atom stereocenters. The minimum atomic E-state index is -0.424. The molecule has 0 spiro atoms. The molecule has 0 aromatic heterocycles. The molecule has 0 saturated carbocycles. The second-order valence-electron chi connectivity index (χ2n) is 5.81. The van der Waals surface area contributed by atoms with Crippen LogP contribution < -0.4 is 11.5 Å². The van der Waals surface area contributed by atoms with Gasteiger partial charge in [0.25, 0.3) is 0 Å². The van der Waals surface area contributed by atoms with E-state index in [0.717, 1.165) is 44.9 Å². The van der Waals surface area contributed by atoms with Crippen LogP contribution in [0.4, 0.5) is 0 Å². The number of aliphatic hydroxyl groups excluding tert-OH is 3. The van der Waals surface area contributed by atoms with Gasteiger partial charge in [-0.1, -0.05) is 53.4 Å². The van der Waals surface area contributed by atoms with Gasteiger partial charge in [-0.3, -0.25) is 4.79 Å². The van der Waals surface area contributed by atoms with Gasteiger partial charge in [0, 0.05) is 6.42 Å². The van der Waals surface area contributed by atoms with Crippen molar-refractivity contribution in [1.82, 2.24) is 0 Å². The van der Waals surface area contributed by atoms with Gasteiger partial charge in [-0.2, -0.15) is 0 Å². The molecule has 0 aliphatic rings. The summed E-state index contributed by atoms with van der Waals surface area (Å²) in [4.78, 5) is 11.0. The van der Waals surface area contributed by atoms with Crippen LogP contribution in [0.25, 0.3) is 0 Å². The van der Waals surface area contributed by atoms with Crippen LogP contribution in [0, 0.1) is 0 Å². The Morgan fingerprint density at radius 1 is 1.00 bits per heavy atom. The van der Waals surface area contributed by atoms with Crippen molar-refractivity contribution >= 4 is 5.78 Å². The lowest BCUT2D eigenvalue weighted by Crippen LogP contribution is -2.68. The molecule has 0 rings (SSSR count). The van der Waals surface area contributed by atoms with Crippen molar-refractivity contribution in [3.8, 4) is 0 Å². The first kappa shape index (κ1) is 27.3. The molecule has 0 radical (unpaired) electrons. The molecule has 0 aromatic carbocycles. The summed E-state index contributed by atoms with van der Waals surface area (Å²) in [7, 11) is 0. The summed E-state index contributed by atoms with van der Waals surface area (Å²) in [6, 6.07) is -0.626. The van der Waals surface area contributed by atoms with E-state index < -0.39 is 12.1 Å². The van der Waals surface area contributed by atoms with Crippen molar-refractivity contribution in [2.75, 3.05) is 13.2 Å². The number of unbranched alkanes of at least 4 members (excludes halogenated alkanes) is 4. The second-order valence-corrected chi connectivity index (χ2v) is 5.81. The average Bonchev–Trinajstić information content (AvgIpc) is 2.54. The number of hydrogen-bond donors (Lipinski definition) is 5. The molecule has 0 fully saturated rings. The number of aliphatic hydroxyl groups is 3. The molecule has 6 nitrogen and oxygen atoms in total. The average molecular weight is 340 g/mol. The van der Waals surface area contributed by atoms with E-state index in [-0.39, 0.29) is 33.9 Å². The minimum absolute atomic E-state index is 0. The molecular formula is C17H43N2O4+3. The molecule has 0 amide bonds. The Labute approximate surface area is 143 Å². The van der Waals surface area contributed by atoms with Crippen molar-refractivity contribution in [3.05, 3.63) is 0 Å². The van der Waals surface area contributed by atoms with Crippen molar-refractivity contribution in [2.24, 2.45) is 0 Å². The van der Waals surface area contributed by atoms with Gasteiger partial charge in [-0.05, 0) is 12.8 Å². The Morgan fingerprint density at radius 3 is 1.96 bits per heavy atom. The number of ketones is 1. The second kappa shape index (κ2) is 19.5. The third-order valence-electron chi connectivity index (χ3n) is 3.58. The zero-order valence-corrected chi connectivity index (χ0v) is 14.5. The zero-order chi connectivity index (χ0) is 17.4. The third-order valence-corrected chi connectivity index (χ3v) is 3.58. The SMILES string of the molecule is C.CCCCCC(=O)C([NH3+])CO.CCCCCC(O)C([NH3+])CO.[H+]. The highest BCUT2D eigenvalue weighted by Crippen LogP contribution is 2.04. The van der Waals surface area contributed by atoms with E-state index in [0.29, 0.717) is 6.42 Å². The Balaban J connectivity index is -0.000000154. The summed E-state index contributed by atoms with van der Waals surface area (Å²) in [6.45, 7) is 4.08. The van der Waals surface area contributed by atoms with E-state index >= 15 is 0 Å². The summed E-state index contributed by atoms with van der Waals surface area (Å²) >= 11 is 0. The number of carbonyl (C=O) groups is 1. The molecule has 0 aromatic rings. The molecule has 142 valence electrons. The molecule has 0 aliphatic carbocycles. The molecule has 23 heavy (non-hydrogen) atoms. The molecule has 6 heteroatoms. The van der Waals surface area contributed by atoms with Gasteiger partial charge in [-0.25, -0.2) is 0 Å². The zero-order valence-electron chi connectivity index (χ0n) is 15.5. The summed E-state index contributed by atoms with van der Waals surface area (Å²) < 4.78 is 0. The Morgan fingerprint density at radius 2 is 1.52 bits per heavy atom. The summed E-state index contributed by atoms with van der Waals surface area (Å²) in [6.07, 6.45) is 7.39. The lowest BCUT2D eigenvalue weighted by molar-refractivity contribution is -0.443. The van der Waals surface area contributed by atoms with Crippen molar-refractivity contribution < 1.29 is 33.0 Å². The maximum Gasteiger partial charge on any atom is 1.00 e. The summed E-state index contributed by atoms with van der Waals surface area (Å²) in [5.74, 6) is 0.0842. The van der Waals surface area contributed by atoms with Gasteiger partial charge in [0.15, 0.2) is 11.8 Å². The normalized spacial score (nSPS) is 14.0. The number of Topliss-reactive ketones (excluding diaryl/α,β-unsaturated/α-hetero) is 1. The fraction of sp³-hybridized carbons (Fsp3) is 0.941. The van der Waals surface area contributed by atoms with Crippen LogP contribution in [-0.4, -0.2) is 52.5 Å². The highest BCUT2D eigenvalue weighted by Gasteiger charge is 2.15. The lowest BCUT2D eigenvalue weighted by Gasteiger charge is -2.12. The van der Waals surface area contributed by atoms with Crippen LogP contribution in [0.15, 0.2) is 0 Å². The Kier molecular flexibility index (Phi) is 23.2. The molecule has 0 aliphatic heterocycles. The van der Waals surface area contributed by atoms with Gasteiger partial charge >= 0.3 is 1.43 Å². The van der Waals surface area contributed by atoms with Crippen molar-refractivity contribution in [2.45, 2.75) is 90.8 Å². The quantitative estimate of drug-likeness (QED) is 0.320. The molecule has 0 saturated heterocycles. The van der Waals surface area contributed by atoms with Gasteiger partial charge in [0.1, 0.15) is 18.8 Å². The maximum atomic E-state index is 11.0. The predicted molar refractivity (Wildman–Crippen MR) is 94.7 cm³/mol. The standard InChI is InChI=1S/C8H19NO2.C8H17NO2.CH4/c2*1-2-3-4-5-8(11)7(9)6-10;/h7-8,10-11H,2-6,9H2,1H3;7,10H,2-6,9H2,1H3;1H4/p+3. The highest BCUT2D eigenvalue weighted by molar-refractivity contribution is 5.82. The fourth-order valence-electron chi connectivity index (χ4n) is 1.82. The monoisotopic (exact) mass is 339 g/mol. The minimum Gasteiger partial charge on any atom is -0.390 e. The van der Waals surface area contributed by atoms with Crippen molar-refractivity contribution in [3.63, 3.8) is 0 Å². The topological polar surface area (TPSA) is 133 Å². The van der Waals surface area contributed by atoms with Gasteiger partial charge in [0.2, 0.25) is 0 Å².